The highest BCUT2D eigenvalue weighted by atomic mass is 16.5. The zero-order valence-electron chi connectivity index (χ0n) is 19.3. The molecule has 0 radical (unpaired) electrons. The summed E-state index contributed by atoms with van der Waals surface area (Å²) in [6.07, 6.45) is 5.61. The number of primary amides is 1. The van der Waals surface area contributed by atoms with Gasteiger partial charge in [-0.05, 0) is 63.5 Å². The lowest BCUT2D eigenvalue weighted by molar-refractivity contribution is -0.178. The number of para-hydroxylation sites is 1. The molecule has 4 rings (SSSR count). The van der Waals surface area contributed by atoms with Gasteiger partial charge in [-0.1, -0.05) is 31.5 Å². The molecule has 0 unspecified atom stereocenters. The SMILES string of the molecule is CCC[C@]1(CCN2C(=O)[C@H](C(N)=O)[C@H]3C[C@@]2(C)Oc2ccccc23)CCOC(C)(C)C1. The number of fused-ring (bicyclic) bond motifs is 4. The van der Waals surface area contributed by atoms with Crippen LogP contribution in [0, 0.1) is 11.3 Å². The van der Waals surface area contributed by atoms with Crippen LogP contribution in [0.2, 0.25) is 0 Å². The van der Waals surface area contributed by atoms with Crippen LogP contribution < -0.4 is 10.5 Å². The summed E-state index contributed by atoms with van der Waals surface area (Å²) in [6.45, 7) is 9.80. The van der Waals surface area contributed by atoms with E-state index in [-0.39, 0.29) is 22.8 Å². The number of rotatable bonds is 6. The number of carbonyl (C=O) groups is 2. The van der Waals surface area contributed by atoms with Gasteiger partial charge in [0, 0.05) is 25.5 Å². The first-order chi connectivity index (χ1) is 14.6. The Kier molecular flexibility index (Phi) is 5.57. The average Bonchev–Trinajstić information content (AvgIpc) is 2.66. The third-order valence-corrected chi connectivity index (χ3v) is 7.63. The number of amides is 2. The van der Waals surface area contributed by atoms with Crippen molar-refractivity contribution in [2.45, 2.75) is 83.5 Å². The van der Waals surface area contributed by atoms with Gasteiger partial charge >= 0.3 is 0 Å². The molecule has 6 nitrogen and oxygen atoms in total. The van der Waals surface area contributed by atoms with Crippen molar-refractivity contribution in [3.8, 4) is 5.75 Å². The topological polar surface area (TPSA) is 81.9 Å². The minimum atomic E-state index is -0.841. The summed E-state index contributed by atoms with van der Waals surface area (Å²) in [5.74, 6) is -1.07. The van der Waals surface area contributed by atoms with Gasteiger partial charge in [-0.2, -0.15) is 0 Å². The molecule has 6 heteroatoms. The van der Waals surface area contributed by atoms with Crippen LogP contribution in [0.4, 0.5) is 0 Å². The third kappa shape index (κ3) is 3.95. The predicted molar refractivity (Wildman–Crippen MR) is 118 cm³/mol. The second-order valence-corrected chi connectivity index (χ2v) is 10.5. The molecule has 2 N–H and O–H groups in total. The Labute approximate surface area is 185 Å². The highest BCUT2D eigenvalue weighted by Crippen LogP contribution is 2.51. The molecule has 0 aliphatic carbocycles. The molecule has 2 fully saturated rings. The summed E-state index contributed by atoms with van der Waals surface area (Å²) in [5.41, 5.74) is 5.86. The van der Waals surface area contributed by atoms with E-state index >= 15 is 0 Å². The van der Waals surface area contributed by atoms with Crippen LogP contribution in [0.5, 0.6) is 5.75 Å². The second-order valence-electron chi connectivity index (χ2n) is 10.5. The van der Waals surface area contributed by atoms with Crippen LogP contribution >= 0.6 is 0 Å². The Hall–Kier alpha value is -2.08. The van der Waals surface area contributed by atoms with Gasteiger partial charge in [-0.25, -0.2) is 0 Å². The Morgan fingerprint density at radius 3 is 2.65 bits per heavy atom. The van der Waals surface area contributed by atoms with Gasteiger partial charge in [0.25, 0.3) is 0 Å². The summed E-state index contributed by atoms with van der Waals surface area (Å²) in [6, 6.07) is 7.71. The van der Waals surface area contributed by atoms with Gasteiger partial charge in [0.1, 0.15) is 11.7 Å². The first-order valence-corrected chi connectivity index (χ1v) is 11.6. The van der Waals surface area contributed by atoms with Crippen molar-refractivity contribution >= 4 is 11.8 Å². The van der Waals surface area contributed by atoms with Crippen molar-refractivity contribution in [1.82, 2.24) is 4.90 Å². The minimum absolute atomic E-state index is 0.124. The Bertz CT molecular complexity index is 865. The molecular formula is C25H36N2O4. The molecule has 0 saturated carbocycles. The van der Waals surface area contributed by atoms with E-state index in [9.17, 15) is 9.59 Å². The van der Waals surface area contributed by atoms with Crippen molar-refractivity contribution < 1.29 is 19.1 Å². The number of nitrogens with two attached hydrogens (primary N) is 1. The van der Waals surface area contributed by atoms with Crippen molar-refractivity contribution in [2.24, 2.45) is 17.1 Å². The van der Waals surface area contributed by atoms with Crippen molar-refractivity contribution in [3.63, 3.8) is 0 Å². The van der Waals surface area contributed by atoms with E-state index in [0.717, 1.165) is 50.0 Å². The molecule has 3 aliphatic heterocycles. The van der Waals surface area contributed by atoms with E-state index in [4.69, 9.17) is 15.2 Å². The Balaban J connectivity index is 1.63. The number of nitrogens with zero attached hydrogens (tertiary/aromatic N) is 1. The molecule has 2 saturated heterocycles. The van der Waals surface area contributed by atoms with Crippen molar-refractivity contribution in [2.75, 3.05) is 13.2 Å². The quantitative estimate of drug-likeness (QED) is 0.695. The number of benzene rings is 1. The normalized spacial score (nSPS) is 34.1. The molecule has 1 aromatic rings. The van der Waals surface area contributed by atoms with E-state index in [0.29, 0.717) is 13.0 Å². The summed E-state index contributed by atoms with van der Waals surface area (Å²) >= 11 is 0. The van der Waals surface area contributed by atoms with Crippen LogP contribution in [0.1, 0.15) is 77.7 Å². The van der Waals surface area contributed by atoms with Gasteiger partial charge in [0.2, 0.25) is 11.8 Å². The first-order valence-electron chi connectivity index (χ1n) is 11.6. The lowest BCUT2D eigenvalue weighted by Crippen LogP contribution is -2.65. The van der Waals surface area contributed by atoms with E-state index in [1.54, 1.807) is 4.90 Å². The number of piperidine rings is 1. The zero-order chi connectivity index (χ0) is 22.4. The molecule has 0 aromatic heterocycles. The smallest absolute Gasteiger partial charge is 0.238 e. The van der Waals surface area contributed by atoms with E-state index < -0.39 is 17.6 Å². The van der Waals surface area contributed by atoms with Gasteiger partial charge in [-0.3, -0.25) is 9.59 Å². The van der Waals surface area contributed by atoms with Gasteiger partial charge in [-0.15, -0.1) is 0 Å². The molecule has 3 aliphatic rings. The second kappa shape index (κ2) is 7.80. The van der Waals surface area contributed by atoms with Gasteiger partial charge in [0.05, 0.1) is 5.60 Å². The molecule has 2 bridgehead atoms. The molecule has 31 heavy (non-hydrogen) atoms. The maximum Gasteiger partial charge on any atom is 0.238 e. The highest BCUT2D eigenvalue weighted by molar-refractivity contribution is 6.01. The summed E-state index contributed by atoms with van der Waals surface area (Å²) in [4.78, 5) is 27.8. The fourth-order valence-electron chi connectivity index (χ4n) is 6.40. The summed E-state index contributed by atoms with van der Waals surface area (Å²) in [7, 11) is 0. The molecule has 1 aromatic carbocycles. The van der Waals surface area contributed by atoms with E-state index in [2.05, 4.69) is 20.8 Å². The van der Waals surface area contributed by atoms with Crippen molar-refractivity contribution in [1.29, 1.82) is 0 Å². The van der Waals surface area contributed by atoms with Gasteiger partial charge in [0.15, 0.2) is 5.72 Å². The number of likely N-dealkylation sites (tertiary alicyclic amines) is 1. The lowest BCUT2D eigenvalue weighted by atomic mass is 9.68. The molecule has 0 spiro atoms. The predicted octanol–water partition coefficient (Wildman–Crippen LogP) is 3.98. The Morgan fingerprint density at radius 1 is 1.23 bits per heavy atom. The fraction of sp³-hybridized carbons (Fsp3) is 0.680. The number of hydrogen-bond acceptors (Lipinski definition) is 4. The maximum atomic E-state index is 13.6. The average molecular weight is 429 g/mol. The minimum Gasteiger partial charge on any atom is -0.468 e. The molecule has 2 amide bonds. The lowest BCUT2D eigenvalue weighted by Gasteiger charge is -2.54. The highest BCUT2D eigenvalue weighted by Gasteiger charge is 2.56. The van der Waals surface area contributed by atoms with E-state index in [1.807, 2.05) is 31.2 Å². The first kappa shape index (κ1) is 22.1. The van der Waals surface area contributed by atoms with Crippen molar-refractivity contribution in [3.05, 3.63) is 29.8 Å². The Morgan fingerprint density at radius 2 is 1.97 bits per heavy atom. The van der Waals surface area contributed by atoms with Crippen LogP contribution in [0.15, 0.2) is 24.3 Å². The van der Waals surface area contributed by atoms with Crippen LogP contribution in [-0.2, 0) is 14.3 Å². The number of hydrogen-bond donors (Lipinski definition) is 1. The molecule has 3 heterocycles. The van der Waals surface area contributed by atoms with Crippen LogP contribution in [0.25, 0.3) is 0 Å². The zero-order valence-corrected chi connectivity index (χ0v) is 19.3. The van der Waals surface area contributed by atoms with Crippen LogP contribution in [-0.4, -0.2) is 41.2 Å². The molecule has 4 atom stereocenters. The van der Waals surface area contributed by atoms with Crippen LogP contribution in [0.3, 0.4) is 0 Å². The summed E-state index contributed by atoms with van der Waals surface area (Å²) < 4.78 is 12.4. The monoisotopic (exact) mass is 428 g/mol. The molecular weight excluding hydrogens is 392 g/mol. The van der Waals surface area contributed by atoms with Gasteiger partial charge < -0.3 is 20.1 Å². The summed E-state index contributed by atoms with van der Waals surface area (Å²) in [5, 5.41) is 0. The van der Waals surface area contributed by atoms with E-state index in [1.165, 1.54) is 0 Å². The number of carbonyl (C=O) groups excluding carboxylic acids is 2. The third-order valence-electron chi connectivity index (χ3n) is 7.63. The maximum absolute atomic E-state index is 13.6. The number of ether oxygens (including phenoxy) is 2. The fourth-order valence-corrected chi connectivity index (χ4v) is 6.40. The molecule has 170 valence electrons. The standard InChI is InChI=1S/C25H36N2O4/c1-5-10-25(12-14-30-23(2,3)16-25)11-13-27-22(29)20(21(26)28)18-15-24(27,4)31-19-9-7-6-8-17(18)19/h6-9,18,20H,5,10-16H2,1-4H3,(H2,26,28)/t18-,20-,24+,25-/m0/s1. The largest absolute Gasteiger partial charge is 0.468 e.